The summed E-state index contributed by atoms with van der Waals surface area (Å²) in [6.07, 6.45) is 2.56. The topological polar surface area (TPSA) is 67.4 Å². The minimum absolute atomic E-state index is 0.00915. The summed E-state index contributed by atoms with van der Waals surface area (Å²) in [5, 5.41) is 6.00. The number of carbonyl (C=O) groups excluding carboxylic acids is 2. The highest BCUT2D eigenvalue weighted by atomic mass is 16.5. The molecule has 0 radical (unpaired) electrons. The highest BCUT2D eigenvalue weighted by molar-refractivity contribution is 5.89. The normalized spacial score (nSPS) is 13.8. The van der Waals surface area contributed by atoms with E-state index >= 15 is 0 Å². The lowest BCUT2D eigenvalue weighted by atomic mass is 10.1. The van der Waals surface area contributed by atoms with Crippen molar-refractivity contribution in [2.75, 3.05) is 19.7 Å². The van der Waals surface area contributed by atoms with Crippen LogP contribution in [0.1, 0.15) is 35.7 Å². The van der Waals surface area contributed by atoms with Gasteiger partial charge in [0.1, 0.15) is 0 Å². The van der Waals surface area contributed by atoms with Gasteiger partial charge in [-0.1, -0.05) is 12.1 Å². The van der Waals surface area contributed by atoms with Crippen molar-refractivity contribution >= 4 is 11.9 Å². The second-order valence-electron chi connectivity index (χ2n) is 5.27. The summed E-state index contributed by atoms with van der Waals surface area (Å²) >= 11 is 0. The summed E-state index contributed by atoms with van der Waals surface area (Å²) in [7, 11) is 0. The molecule has 1 aliphatic carbocycles. The standard InChI is InChI=1S/C16H22N2O3/c1-2-21-16(20)14-7-5-13(6-8-14)10-18-15(19)11-17-9-12-3-4-12/h5-8,12,17H,2-4,9-11H2,1H3,(H,18,19). The van der Waals surface area contributed by atoms with Crippen molar-refractivity contribution in [2.45, 2.75) is 26.3 Å². The first-order valence-corrected chi connectivity index (χ1v) is 7.42. The summed E-state index contributed by atoms with van der Waals surface area (Å²) in [6.45, 7) is 3.90. The predicted molar refractivity (Wildman–Crippen MR) is 79.8 cm³/mol. The average Bonchev–Trinajstić information content (AvgIpc) is 3.30. The molecule has 114 valence electrons. The molecule has 0 unspecified atom stereocenters. The highest BCUT2D eigenvalue weighted by Gasteiger charge is 2.20. The maximum Gasteiger partial charge on any atom is 0.338 e. The monoisotopic (exact) mass is 290 g/mol. The Morgan fingerprint density at radius 3 is 2.57 bits per heavy atom. The molecule has 1 aromatic rings. The largest absolute Gasteiger partial charge is 0.462 e. The van der Waals surface area contributed by atoms with E-state index in [2.05, 4.69) is 10.6 Å². The molecule has 21 heavy (non-hydrogen) atoms. The van der Waals surface area contributed by atoms with E-state index in [-0.39, 0.29) is 11.9 Å². The Morgan fingerprint density at radius 1 is 1.24 bits per heavy atom. The lowest BCUT2D eigenvalue weighted by Gasteiger charge is -2.07. The number of amides is 1. The van der Waals surface area contributed by atoms with Gasteiger partial charge in [-0.3, -0.25) is 4.79 Å². The van der Waals surface area contributed by atoms with E-state index in [1.165, 1.54) is 12.8 Å². The van der Waals surface area contributed by atoms with Gasteiger partial charge in [0.15, 0.2) is 0 Å². The molecule has 0 aliphatic heterocycles. The molecule has 2 N–H and O–H groups in total. The van der Waals surface area contributed by atoms with Gasteiger partial charge in [-0.25, -0.2) is 4.79 Å². The maximum atomic E-state index is 11.6. The fourth-order valence-electron chi connectivity index (χ4n) is 1.95. The van der Waals surface area contributed by atoms with Gasteiger partial charge in [-0.05, 0) is 49.9 Å². The van der Waals surface area contributed by atoms with E-state index in [1.807, 2.05) is 12.1 Å². The third-order valence-electron chi connectivity index (χ3n) is 3.37. The minimum atomic E-state index is -0.322. The molecule has 2 rings (SSSR count). The summed E-state index contributed by atoms with van der Waals surface area (Å²) < 4.78 is 4.92. The molecule has 1 aliphatic rings. The first-order chi connectivity index (χ1) is 10.2. The fourth-order valence-corrected chi connectivity index (χ4v) is 1.95. The minimum Gasteiger partial charge on any atom is -0.462 e. The van der Waals surface area contributed by atoms with E-state index in [0.717, 1.165) is 18.0 Å². The van der Waals surface area contributed by atoms with Crippen molar-refractivity contribution in [3.63, 3.8) is 0 Å². The van der Waals surface area contributed by atoms with Crippen LogP contribution in [0.4, 0.5) is 0 Å². The molecule has 0 heterocycles. The highest BCUT2D eigenvalue weighted by Crippen LogP contribution is 2.27. The summed E-state index contributed by atoms with van der Waals surface area (Å²) in [5.74, 6) is 0.440. The molecule has 1 saturated carbocycles. The molecule has 0 saturated heterocycles. The molecular weight excluding hydrogens is 268 g/mol. The molecule has 1 fully saturated rings. The van der Waals surface area contributed by atoms with E-state index < -0.39 is 0 Å². The number of hydrogen-bond acceptors (Lipinski definition) is 4. The number of carbonyl (C=O) groups is 2. The summed E-state index contributed by atoms with van der Waals surface area (Å²) in [6, 6.07) is 7.07. The third kappa shape index (κ3) is 5.55. The van der Waals surface area contributed by atoms with Crippen LogP contribution < -0.4 is 10.6 Å². The zero-order valence-corrected chi connectivity index (χ0v) is 12.4. The van der Waals surface area contributed by atoms with Crippen LogP contribution in [-0.2, 0) is 16.1 Å². The van der Waals surface area contributed by atoms with Crippen molar-refractivity contribution in [1.29, 1.82) is 0 Å². The quantitative estimate of drug-likeness (QED) is 0.712. The smallest absolute Gasteiger partial charge is 0.338 e. The Bertz CT molecular complexity index is 481. The number of ether oxygens (including phenoxy) is 1. The van der Waals surface area contributed by atoms with Gasteiger partial charge < -0.3 is 15.4 Å². The number of esters is 1. The van der Waals surface area contributed by atoms with Crippen molar-refractivity contribution in [3.05, 3.63) is 35.4 Å². The first kappa shape index (κ1) is 15.5. The Morgan fingerprint density at radius 2 is 1.95 bits per heavy atom. The Kier molecular flexibility index (Phi) is 5.75. The molecule has 0 bridgehead atoms. The zero-order valence-electron chi connectivity index (χ0n) is 12.4. The van der Waals surface area contributed by atoms with Crippen molar-refractivity contribution < 1.29 is 14.3 Å². The van der Waals surface area contributed by atoms with Crippen LogP contribution in [0.5, 0.6) is 0 Å². The van der Waals surface area contributed by atoms with Gasteiger partial charge in [0.2, 0.25) is 5.91 Å². The van der Waals surface area contributed by atoms with Crippen LogP contribution in [0.2, 0.25) is 0 Å². The van der Waals surface area contributed by atoms with E-state index in [9.17, 15) is 9.59 Å². The van der Waals surface area contributed by atoms with Crippen LogP contribution in [0.3, 0.4) is 0 Å². The van der Waals surface area contributed by atoms with Crippen molar-refractivity contribution in [3.8, 4) is 0 Å². The van der Waals surface area contributed by atoms with Gasteiger partial charge >= 0.3 is 5.97 Å². The predicted octanol–water partition coefficient (Wildman–Crippen LogP) is 1.48. The lowest BCUT2D eigenvalue weighted by Crippen LogP contribution is -2.34. The Hall–Kier alpha value is -1.88. The first-order valence-electron chi connectivity index (χ1n) is 7.42. The molecule has 0 spiro atoms. The molecule has 0 aromatic heterocycles. The SMILES string of the molecule is CCOC(=O)c1ccc(CNC(=O)CNCC2CC2)cc1. The second kappa shape index (κ2) is 7.78. The Labute approximate surface area is 125 Å². The molecular formula is C16H22N2O3. The molecule has 5 heteroatoms. The second-order valence-corrected chi connectivity index (χ2v) is 5.27. The maximum absolute atomic E-state index is 11.6. The number of hydrogen-bond donors (Lipinski definition) is 2. The average molecular weight is 290 g/mol. The van der Waals surface area contributed by atoms with Crippen LogP contribution in [0, 0.1) is 5.92 Å². The van der Waals surface area contributed by atoms with E-state index in [1.54, 1.807) is 19.1 Å². The number of benzene rings is 1. The number of nitrogens with one attached hydrogen (secondary N) is 2. The van der Waals surface area contributed by atoms with E-state index in [0.29, 0.717) is 25.3 Å². The van der Waals surface area contributed by atoms with Gasteiger partial charge in [-0.2, -0.15) is 0 Å². The van der Waals surface area contributed by atoms with Crippen LogP contribution in [0.25, 0.3) is 0 Å². The zero-order chi connectivity index (χ0) is 15.1. The summed E-state index contributed by atoms with van der Waals surface area (Å²) in [4.78, 5) is 23.1. The number of rotatable bonds is 8. The van der Waals surface area contributed by atoms with Crippen LogP contribution >= 0.6 is 0 Å². The third-order valence-corrected chi connectivity index (χ3v) is 3.37. The van der Waals surface area contributed by atoms with Gasteiger partial charge in [0.25, 0.3) is 0 Å². The summed E-state index contributed by atoms with van der Waals surface area (Å²) in [5.41, 5.74) is 1.48. The fraction of sp³-hybridized carbons (Fsp3) is 0.500. The lowest BCUT2D eigenvalue weighted by molar-refractivity contribution is -0.120. The van der Waals surface area contributed by atoms with Gasteiger partial charge in [0, 0.05) is 6.54 Å². The van der Waals surface area contributed by atoms with Crippen LogP contribution in [-0.4, -0.2) is 31.6 Å². The van der Waals surface area contributed by atoms with Crippen molar-refractivity contribution in [2.24, 2.45) is 5.92 Å². The molecule has 1 aromatic carbocycles. The Balaban J connectivity index is 1.69. The van der Waals surface area contributed by atoms with Crippen molar-refractivity contribution in [1.82, 2.24) is 10.6 Å². The van der Waals surface area contributed by atoms with E-state index in [4.69, 9.17) is 4.74 Å². The van der Waals surface area contributed by atoms with Gasteiger partial charge in [0.05, 0.1) is 18.7 Å². The molecule has 5 nitrogen and oxygen atoms in total. The molecule has 0 atom stereocenters. The van der Waals surface area contributed by atoms with Crippen LogP contribution in [0.15, 0.2) is 24.3 Å². The molecule has 1 amide bonds. The van der Waals surface area contributed by atoms with Gasteiger partial charge in [-0.15, -0.1) is 0 Å².